The Morgan fingerprint density at radius 1 is 1.06 bits per heavy atom. The third-order valence-electron chi connectivity index (χ3n) is 4.89. The molecule has 2 aromatic rings. The zero-order valence-corrected chi connectivity index (χ0v) is 21.3. The summed E-state index contributed by atoms with van der Waals surface area (Å²) in [5, 5.41) is 13.4. The predicted molar refractivity (Wildman–Crippen MR) is 140 cm³/mol. The molecule has 0 aromatic heterocycles. The number of amidine groups is 2. The van der Waals surface area contributed by atoms with Gasteiger partial charge in [-0.25, -0.2) is 8.42 Å². The molecule has 2 heterocycles. The summed E-state index contributed by atoms with van der Waals surface area (Å²) in [5.74, 6) is 0.925. The van der Waals surface area contributed by atoms with E-state index in [0.29, 0.717) is 43.3 Å². The van der Waals surface area contributed by atoms with Gasteiger partial charge in [0, 0.05) is 12.7 Å². The maximum Gasteiger partial charge on any atom is 0.283 e. The van der Waals surface area contributed by atoms with Crippen LogP contribution in [0, 0.1) is 5.41 Å². The highest BCUT2D eigenvalue weighted by molar-refractivity contribution is 8.42. The molecular formula is C24H24N4O6S2. The fourth-order valence-electron chi connectivity index (χ4n) is 3.24. The Kier molecular flexibility index (Phi) is 7.75. The lowest BCUT2D eigenvalue weighted by atomic mass is 10.1. The molecule has 0 atom stereocenters. The molecule has 4 rings (SSSR count). The van der Waals surface area contributed by atoms with E-state index in [1.54, 1.807) is 18.2 Å². The van der Waals surface area contributed by atoms with Gasteiger partial charge in [0.1, 0.15) is 5.75 Å². The second-order valence-corrected chi connectivity index (χ2v) is 10.8. The number of carbonyl (C=O) groups excluding carboxylic acids is 1. The van der Waals surface area contributed by atoms with Gasteiger partial charge in [-0.1, -0.05) is 24.3 Å². The van der Waals surface area contributed by atoms with E-state index in [4.69, 9.17) is 19.6 Å². The van der Waals surface area contributed by atoms with Crippen molar-refractivity contribution in [2.75, 3.05) is 26.1 Å². The molecule has 0 bridgehead atoms. The molecule has 0 radical (unpaired) electrons. The van der Waals surface area contributed by atoms with E-state index in [9.17, 15) is 13.2 Å². The molecule has 0 spiro atoms. The zero-order valence-electron chi connectivity index (χ0n) is 19.6. The van der Waals surface area contributed by atoms with Crippen LogP contribution in [0.2, 0.25) is 0 Å². The Balaban J connectivity index is 1.45. The van der Waals surface area contributed by atoms with E-state index in [2.05, 4.69) is 10.1 Å². The van der Waals surface area contributed by atoms with Crippen LogP contribution in [0.3, 0.4) is 0 Å². The Morgan fingerprint density at radius 2 is 1.81 bits per heavy atom. The van der Waals surface area contributed by atoms with Gasteiger partial charge < -0.3 is 14.2 Å². The fraction of sp³-hybridized carbons (Fsp3) is 0.250. The number of nitrogens with zero attached hydrogens (tertiary/aromatic N) is 3. The number of hydrazone groups is 1. The molecule has 0 saturated carbocycles. The molecule has 0 saturated heterocycles. The molecular weight excluding hydrogens is 504 g/mol. The summed E-state index contributed by atoms with van der Waals surface area (Å²) in [7, 11) is -3.60. The largest absolute Gasteiger partial charge is 0.493 e. The van der Waals surface area contributed by atoms with Gasteiger partial charge in [-0.2, -0.15) is 10.0 Å². The number of rotatable bonds is 9. The van der Waals surface area contributed by atoms with E-state index in [1.165, 1.54) is 6.08 Å². The Labute approximate surface area is 213 Å². The standard InChI is InChI=1S/C24H24N4O6S2/c1-3-32-20-15-16(10-11-19(20)34-13-7-12-33-17-8-5-4-6-9-17)14-18-21(25)28-23(26-22(18)29)35-24(27-28)36(2,30)31/h4-6,8-11,14-15,25H,3,7,12-13H2,1-2H3/b18-14+,25-21?. The molecule has 2 aliphatic heterocycles. The summed E-state index contributed by atoms with van der Waals surface area (Å²) in [5.41, 5.74) is 0.566. The highest BCUT2D eigenvalue weighted by Gasteiger charge is 2.38. The van der Waals surface area contributed by atoms with Crippen molar-refractivity contribution in [2.24, 2.45) is 10.1 Å². The van der Waals surface area contributed by atoms with Crippen molar-refractivity contribution >= 4 is 49.0 Å². The lowest BCUT2D eigenvalue weighted by Gasteiger charge is -2.20. The van der Waals surface area contributed by atoms with E-state index >= 15 is 0 Å². The Bertz CT molecular complexity index is 1370. The molecule has 2 aliphatic rings. The van der Waals surface area contributed by atoms with E-state index < -0.39 is 15.7 Å². The number of aliphatic imine (C=N–C) groups is 1. The number of hydrogen-bond donors (Lipinski definition) is 1. The minimum absolute atomic E-state index is 0.0213. The van der Waals surface area contributed by atoms with Crippen molar-refractivity contribution in [1.82, 2.24) is 5.01 Å². The molecule has 0 fully saturated rings. The topological polar surface area (TPSA) is 131 Å². The first-order chi connectivity index (χ1) is 17.3. The van der Waals surface area contributed by atoms with E-state index in [1.807, 2.05) is 37.3 Å². The summed E-state index contributed by atoms with van der Waals surface area (Å²) in [6.45, 7) is 3.18. The number of benzene rings is 2. The minimum Gasteiger partial charge on any atom is -0.493 e. The molecule has 0 aliphatic carbocycles. The second-order valence-electron chi connectivity index (χ2n) is 7.66. The first-order valence-electron chi connectivity index (χ1n) is 11.0. The number of amides is 1. The molecule has 12 heteroatoms. The average molecular weight is 529 g/mol. The number of sulfone groups is 1. The van der Waals surface area contributed by atoms with Gasteiger partial charge in [0.15, 0.2) is 17.3 Å². The second kappa shape index (κ2) is 11.0. The van der Waals surface area contributed by atoms with Gasteiger partial charge in [0.2, 0.25) is 19.4 Å². The van der Waals surface area contributed by atoms with Crippen LogP contribution in [0.25, 0.3) is 6.08 Å². The maximum atomic E-state index is 12.6. The molecule has 2 aromatic carbocycles. The van der Waals surface area contributed by atoms with Crippen LogP contribution in [-0.4, -0.2) is 60.8 Å². The van der Waals surface area contributed by atoms with Crippen LogP contribution in [0.1, 0.15) is 18.9 Å². The number of para-hydroxylation sites is 1. The number of thioether (sulfide) groups is 1. The summed E-state index contributed by atoms with van der Waals surface area (Å²) >= 11 is 0.742. The average Bonchev–Trinajstić information content (AvgIpc) is 3.28. The number of carbonyl (C=O) groups is 1. The highest BCUT2D eigenvalue weighted by atomic mass is 32.3. The van der Waals surface area contributed by atoms with Crippen molar-refractivity contribution in [3.8, 4) is 17.2 Å². The van der Waals surface area contributed by atoms with Gasteiger partial charge in [-0.05, 0) is 54.6 Å². The molecule has 36 heavy (non-hydrogen) atoms. The van der Waals surface area contributed by atoms with E-state index in [0.717, 1.165) is 28.8 Å². The quantitative estimate of drug-likeness (QED) is 0.386. The van der Waals surface area contributed by atoms with Crippen LogP contribution < -0.4 is 14.2 Å². The first kappa shape index (κ1) is 25.5. The predicted octanol–water partition coefficient (Wildman–Crippen LogP) is 3.55. The van der Waals surface area contributed by atoms with E-state index in [-0.39, 0.29) is 21.0 Å². The van der Waals surface area contributed by atoms with Crippen molar-refractivity contribution in [3.05, 3.63) is 59.7 Å². The van der Waals surface area contributed by atoms with Crippen LogP contribution in [0.4, 0.5) is 0 Å². The molecule has 10 nitrogen and oxygen atoms in total. The van der Waals surface area contributed by atoms with Gasteiger partial charge in [0.05, 0.1) is 25.4 Å². The summed E-state index contributed by atoms with van der Waals surface area (Å²) in [6, 6.07) is 14.7. The van der Waals surface area contributed by atoms with Gasteiger partial charge in [0.25, 0.3) is 5.91 Å². The Hall–Kier alpha value is -3.64. The number of hydrogen-bond acceptors (Lipinski definition) is 9. The van der Waals surface area contributed by atoms with Gasteiger partial charge >= 0.3 is 0 Å². The zero-order chi connectivity index (χ0) is 25.7. The SMILES string of the molecule is CCOc1cc(/C=C2\C(=N)N3N=C(S(C)(=O)=O)SC3=NC2=O)ccc1OCCCOc1ccccc1. The fourth-order valence-corrected chi connectivity index (χ4v) is 4.93. The Morgan fingerprint density at radius 3 is 2.53 bits per heavy atom. The van der Waals surface area contributed by atoms with Crippen molar-refractivity contribution in [1.29, 1.82) is 5.41 Å². The molecule has 0 unspecified atom stereocenters. The minimum atomic E-state index is -3.60. The first-order valence-corrected chi connectivity index (χ1v) is 13.7. The highest BCUT2D eigenvalue weighted by Crippen LogP contribution is 2.32. The van der Waals surface area contributed by atoms with Crippen molar-refractivity contribution in [2.45, 2.75) is 13.3 Å². The number of fused-ring (bicyclic) bond motifs is 1. The van der Waals surface area contributed by atoms with Crippen LogP contribution >= 0.6 is 11.8 Å². The lowest BCUT2D eigenvalue weighted by Crippen LogP contribution is -2.35. The normalized spacial score (nSPS) is 16.5. The third kappa shape index (κ3) is 5.94. The summed E-state index contributed by atoms with van der Waals surface area (Å²) in [6.07, 6.45) is 3.17. The molecule has 1 N–H and O–H groups in total. The van der Waals surface area contributed by atoms with Gasteiger partial charge in [-0.15, -0.1) is 5.10 Å². The summed E-state index contributed by atoms with van der Waals surface area (Å²) < 4.78 is 40.7. The van der Waals surface area contributed by atoms with Crippen LogP contribution in [0.15, 0.2) is 64.2 Å². The van der Waals surface area contributed by atoms with Crippen molar-refractivity contribution in [3.63, 3.8) is 0 Å². The smallest absolute Gasteiger partial charge is 0.283 e. The van der Waals surface area contributed by atoms with Gasteiger partial charge in [-0.3, -0.25) is 10.2 Å². The number of ether oxygens (including phenoxy) is 3. The van der Waals surface area contributed by atoms with Crippen molar-refractivity contribution < 1.29 is 27.4 Å². The number of nitrogens with one attached hydrogen (secondary N) is 1. The maximum absolute atomic E-state index is 12.6. The lowest BCUT2D eigenvalue weighted by molar-refractivity contribution is -0.114. The van der Waals surface area contributed by atoms with Crippen LogP contribution in [0.5, 0.6) is 17.2 Å². The van der Waals surface area contributed by atoms with Crippen LogP contribution in [-0.2, 0) is 14.6 Å². The molecule has 1 amide bonds. The monoisotopic (exact) mass is 528 g/mol. The summed E-state index contributed by atoms with van der Waals surface area (Å²) in [4.78, 5) is 16.5. The third-order valence-corrected chi connectivity index (χ3v) is 7.47. The molecule has 188 valence electrons.